The fourth-order valence-corrected chi connectivity index (χ4v) is 1.01. The molecule has 1 rings (SSSR count). The Labute approximate surface area is 56.6 Å². The number of rotatable bonds is 2. The molecule has 1 aliphatic carbocycles. The third-order valence-corrected chi connectivity index (χ3v) is 1.58. The molecule has 0 radical (unpaired) electrons. The molecule has 0 bridgehead atoms. The smallest absolute Gasteiger partial charge is 0.0165 e. The van der Waals surface area contributed by atoms with E-state index >= 15 is 0 Å². The number of allylic oxidation sites excluding steroid dienone is 3. The highest BCUT2D eigenvalue weighted by Gasteiger charge is 1.97. The summed E-state index contributed by atoms with van der Waals surface area (Å²) in [5, 5.41) is 0. The minimum Gasteiger partial charge on any atom is -0.120 e. The molecule has 9 heavy (non-hydrogen) atoms. The lowest BCUT2D eigenvalue weighted by Gasteiger charge is -1.96. The molecule has 48 valence electrons. The second kappa shape index (κ2) is 2.70. The monoisotopic (exact) mass is 120 g/mol. The Morgan fingerprint density at radius 2 is 2.22 bits per heavy atom. The van der Waals surface area contributed by atoms with Gasteiger partial charge in [-0.2, -0.15) is 0 Å². The fourth-order valence-electron chi connectivity index (χ4n) is 1.01. The van der Waals surface area contributed by atoms with Gasteiger partial charge in [0.25, 0.3) is 0 Å². The van der Waals surface area contributed by atoms with Gasteiger partial charge < -0.3 is 0 Å². The Bertz CT molecular complexity index is 188. The summed E-state index contributed by atoms with van der Waals surface area (Å²) in [5.74, 6) is 0. The molecule has 0 nitrogen and oxygen atoms in total. The molecule has 1 aliphatic rings. The van der Waals surface area contributed by atoms with Crippen LogP contribution in [0.3, 0.4) is 0 Å². The van der Waals surface area contributed by atoms with Gasteiger partial charge in [-0.05, 0) is 36.6 Å². The van der Waals surface area contributed by atoms with Crippen LogP contribution in [0.1, 0.15) is 26.7 Å². The molecule has 0 saturated carbocycles. The van der Waals surface area contributed by atoms with Gasteiger partial charge in [-0.3, -0.25) is 0 Å². The normalized spacial score (nSPS) is 15.8. The van der Waals surface area contributed by atoms with Crippen molar-refractivity contribution >= 4 is 0 Å². The molecule has 0 fully saturated rings. The second-order valence-electron chi connectivity index (χ2n) is 2.41. The largest absolute Gasteiger partial charge is 0.120 e. The Balaban J connectivity index is 2.61. The average Bonchev–Trinajstić information content (AvgIpc) is 2.18. The van der Waals surface area contributed by atoms with E-state index in [1.54, 1.807) is 0 Å². The Kier molecular flexibility index (Phi) is 1.92. The highest BCUT2D eigenvalue weighted by atomic mass is 14.0. The number of hydrogen-bond donors (Lipinski definition) is 0. The van der Waals surface area contributed by atoms with Crippen molar-refractivity contribution < 1.29 is 0 Å². The minimum absolute atomic E-state index is 1.20. The maximum Gasteiger partial charge on any atom is -0.0165 e. The standard InChI is InChI=1S/C9H12/c1-3-5-9-7-4-6-8(9)2/h6-7H,3,5H2,1-2H3. The van der Waals surface area contributed by atoms with Gasteiger partial charge in [0.15, 0.2) is 0 Å². The molecule has 0 aliphatic heterocycles. The first-order chi connectivity index (χ1) is 4.34. The predicted molar refractivity (Wildman–Crippen MR) is 40.3 cm³/mol. The third kappa shape index (κ3) is 1.34. The maximum atomic E-state index is 3.08. The van der Waals surface area contributed by atoms with Crippen LogP contribution in [0.5, 0.6) is 0 Å². The molecule has 0 aromatic carbocycles. The molecular weight excluding hydrogens is 108 g/mol. The molecule has 0 heterocycles. The molecule has 0 unspecified atom stereocenters. The molecule has 0 amide bonds. The molecule has 0 heteroatoms. The van der Waals surface area contributed by atoms with Gasteiger partial charge in [0.2, 0.25) is 0 Å². The topological polar surface area (TPSA) is 0 Å². The summed E-state index contributed by atoms with van der Waals surface area (Å²) < 4.78 is 0. The van der Waals surface area contributed by atoms with Crippen LogP contribution in [0.25, 0.3) is 0 Å². The van der Waals surface area contributed by atoms with Gasteiger partial charge in [0.05, 0.1) is 0 Å². The number of hydrogen-bond acceptors (Lipinski definition) is 0. The summed E-state index contributed by atoms with van der Waals surface area (Å²) in [6.07, 6.45) is 6.57. The van der Waals surface area contributed by atoms with E-state index in [9.17, 15) is 0 Å². The van der Waals surface area contributed by atoms with Crippen LogP contribution in [-0.4, -0.2) is 0 Å². The highest BCUT2D eigenvalue weighted by molar-refractivity contribution is 5.37. The summed E-state index contributed by atoms with van der Waals surface area (Å²) in [4.78, 5) is 0. The lowest BCUT2D eigenvalue weighted by atomic mass is 10.1. The molecule has 0 saturated heterocycles. The van der Waals surface area contributed by atoms with Crippen molar-refractivity contribution in [3.8, 4) is 0 Å². The first-order valence-corrected chi connectivity index (χ1v) is 3.47. The predicted octanol–water partition coefficient (Wildman–Crippen LogP) is 2.83. The minimum atomic E-state index is 1.20. The summed E-state index contributed by atoms with van der Waals surface area (Å²) in [5.41, 5.74) is 5.92. The van der Waals surface area contributed by atoms with Crippen molar-refractivity contribution in [2.75, 3.05) is 0 Å². The highest BCUT2D eigenvalue weighted by Crippen LogP contribution is 2.16. The zero-order chi connectivity index (χ0) is 6.69. The van der Waals surface area contributed by atoms with Crippen molar-refractivity contribution in [3.05, 3.63) is 29.0 Å². The van der Waals surface area contributed by atoms with E-state index in [4.69, 9.17) is 0 Å². The Hall–Kier alpha value is -0.740. The van der Waals surface area contributed by atoms with E-state index in [0.29, 0.717) is 0 Å². The van der Waals surface area contributed by atoms with Gasteiger partial charge in [0, 0.05) is 0 Å². The van der Waals surface area contributed by atoms with Crippen LogP contribution in [0, 0.1) is 0 Å². The van der Waals surface area contributed by atoms with E-state index in [-0.39, 0.29) is 0 Å². The zero-order valence-electron chi connectivity index (χ0n) is 6.07. The van der Waals surface area contributed by atoms with Crippen molar-refractivity contribution in [1.29, 1.82) is 0 Å². The summed E-state index contributed by atoms with van der Waals surface area (Å²) >= 11 is 0. The molecular formula is C9H12. The van der Waals surface area contributed by atoms with E-state index in [2.05, 4.69) is 25.7 Å². The van der Waals surface area contributed by atoms with Crippen LogP contribution >= 0.6 is 0 Å². The van der Waals surface area contributed by atoms with Crippen LogP contribution in [-0.2, 0) is 0 Å². The SMILES string of the molecule is CCCC1=C(C)C=C=C1. The molecule has 0 N–H and O–H groups in total. The molecule has 0 atom stereocenters. The maximum absolute atomic E-state index is 3.08. The Morgan fingerprint density at radius 1 is 1.44 bits per heavy atom. The van der Waals surface area contributed by atoms with E-state index < -0.39 is 0 Å². The molecule has 0 aromatic heterocycles. The van der Waals surface area contributed by atoms with Gasteiger partial charge in [-0.25, -0.2) is 0 Å². The van der Waals surface area contributed by atoms with Gasteiger partial charge in [-0.15, -0.1) is 5.73 Å². The summed E-state index contributed by atoms with van der Waals surface area (Å²) in [6, 6.07) is 0. The van der Waals surface area contributed by atoms with Gasteiger partial charge in [-0.1, -0.05) is 13.3 Å². The quantitative estimate of drug-likeness (QED) is 0.491. The van der Waals surface area contributed by atoms with Gasteiger partial charge >= 0.3 is 0 Å². The van der Waals surface area contributed by atoms with E-state index in [0.717, 1.165) is 0 Å². The lowest BCUT2D eigenvalue weighted by Crippen LogP contribution is -1.77. The first kappa shape index (κ1) is 6.38. The van der Waals surface area contributed by atoms with E-state index in [1.165, 1.54) is 24.0 Å². The summed E-state index contributed by atoms with van der Waals surface area (Å²) in [6.45, 7) is 4.34. The van der Waals surface area contributed by atoms with Gasteiger partial charge in [0.1, 0.15) is 0 Å². The third-order valence-electron chi connectivity index (χ3n) is 1.58. The molecule has 0 aromatic rings. The van der Waals surface area contributed by atoms with Crippen LogP contribution in [0.4, 0.5) is 0 Å². The molecule has 0 spiro atoms. The summed E-state index contributed by atoms with van der Waals surface area (Å²) in [7, 11) is 0. The van der Waals surface area contributed by atoms with Crippen molar-refractivity contribution in [2.45, 2.75) is 26.7 Å². The lowest BCUT2D eigenvalue weighted by molar-refractivity contribution is 0.921. The van der Waals surface area contributed by atoms with Crippen LogP contribution in [0.15, 0.2) is 29.0 Å². The van der Waals surface area contributed by atoms with Crippen molar-refractivity contribution in [1.82, 2.24) is 0 Å². The van der Waals surface area contributed by atoms with Crippen LogP contribution in [0.2, 0.25) is 0 Å². The van der Waals surface area contributed by atoms with Crippen molar-refractivity contribution in [3.63, 3.8) is 0 Å². The second-order valence-corrected chi connectivity index (χ2v) is 2.41. The van der Waals surface area contributed by atoms with Crippen molar-refractivity contribution in [2.24, 2.45) is 0 Å². The average molecular weight is 120 g/mol. The van der Waals surface area contributed by atoms with E-state index in [1.807, 2.05) is 6.08 Å². The van der Waals surface area contributed by atoms with Crippen LogP contribution < -0.4 is 0 Å². The Morgan fingerprint density at radius 3 is 2.67 bits per heavy atom. The zero-order valence-corrected chi connectivity index (χ0v) is 6.07. The first-order valence-electron chi connectivity index (χ1n) is 3.47. The fraction of sp³-hybridized carbons (Fsp3) is 0.444.